The average Bonchev–Trinajstić information content (AvgIpc) is 2.46. The van der Waals surface area contributed by atoms with Crippen LogP contribution in [-0.4, -0.2) is 30.6 Å². The number of carbonyl (C=O) groups excluding carboxylic acids is 1. The molecule has 0 fully saturated rings. The van der Waals surface area contributed by atoms with Crippen molar-refractivity contribution in [2.75, 3.05) is 13.7 Å². The number of amides is 1. The number of fused-ring (bicyclic) bond motifs is 1. The van der Waals surface area contributed by atoms with Gasteiger partial charge < -0.3 is 15.2 Å². The van der Waals surface area contributed by atoms with Crippen LogP contribution in [0, 0.1) is 5.41 Å². The van der Waals surface area contributed by atoms with Gasteiger partial charge in [-0.05, 0) is 37.3 Å². The van der Waals surface area contributed by atoms with Gasteiger partial charge in [0.1, 0.15) is 11.2 Å². The highest BCUT2D eigenvalue weighted by molar-refractivity contribution is 6.01. The molecule has 2 unspecified atom stereocenters. The number of carbonyl (C=O) groups is 2. The number of carboxylic acids is 1. The zero-order valence-corrected chi connectivity index (χ0v) is 11.7. The molecule has 0 spiro atoms. The van der Waals surface area contributed by atoms with Gasteiger partial charge >= 0.3 is 5.97 Å². The molecule has 0 aromatic heterocycles. The van der Waals surface area contributed by atoms with Crippen molar-refractivity contribution in [3.05, 3.63) is 29.8 Å². The van der Waals surface area contributed by atoms with Gasteiger partial charge in [0, 0.05) is 7.05 Å². The van der Waals surface area contributed by atoms with E-state index in [-0.39, 0.29) is 12.3 Å². The van der Waals surface area contributed by atoms with E-state index in [1.54, 1.807) is 0 Å². The highest BCUT2D eigenvalue weighted by atomic mass is 16.5. The summed E-state index contributed by atoms with van der Waals surface area (Å²) in [6.07, 6.45) is 0.985. The van der Waals surface area contributed by atoms with Gasteiger partial charge in [-0.3, -0.25) is 9.59 Å². The molecular formula is C15H19NO4. The molecule has 1 amide bonds. The van der Waals surface area contributed by atoms with Crippen molar-refractivity contribution in [3.8, 4) is 5.75 Å². The Morgan fingerprint density at radius 1 is 1.45 bits per heavy atom. The molecule has 5 nitrogen and oxygen atoms in total. The number of ether oxygens (including phenoxy) is 1. The SMILES string of the molecule is CNC(=O)C(C)(CC1CCOc2ccccc21)C(=O)O. The van der Waals surface area contributed by atoms with Crippen LogP contribution in [0.2, 0.25) is 0 Å². The lowest BCUT2D eigenvalue weighted by Crippen LogP contribution is -2.44. The number of para-hydroxylation sites is 1. The van der Waals surface area contributed by atoms with Crippen molar-refractivity contribution in [2.45, 2.75) is 25.7 Å². The Hall–Kier alpha value is -2.04. The number of aliphatic carboxylic acids is 1. The summed E-state index contributed by atoms with van der Waals surface area (Å²) in [5.74, 6) is -0.762. The maximum atomic E-state index is 11.9. The van der Waals surface area contributed by atoms with Crippen LogP contribution in [0.3, 0.4) is 0 Å². The molecule has 0 saturated heterocycles. The van der Waals surface area contributed by atoms with E-state index in [4.69, 9.17) is 4.74 Å². The number of benzene rings is 1. The summed E-state index contributed by atoms with van der Waals surface area (Å²) in [5, 5.41) is 11.9. The van der Waals surface area contributed by atoms with Gasteiger partial charge in [0.05, 0.1) is 6.61 Å². The van der Waals surface area contributed by atoms with Crippen molar-refractivity contribution in [1.29, 1.82) is 0 Å². The van der Waals surface area contributed by atoms with Gasteiger partial charge in [-0.2, -0.15) is 0 Å². The molecule has 0 radical (unpaired) electrons. The van der Waals surface area contributed by atoms with Crippen LogP contribution in [0.25, 0.3) is 0 Å². The smallest absolute Gasteiger partial charge is 0.318 e. The topological polar surface area (TPSA) is 75.6 Å². The molecule has 0 bridgehead atoms. The van der Waals surface area contributed by atoms with E-state index in [9.17, 15) is 14.7 Å². The van der Waals surface area contributed by atoms with Crippen molar-refractivity contribution < 1.29 is 19.4 Å². The second-order valence-electron chi connectivity index (χ2n) is 5.29. The molecule has 108 valence electrons. The van der Waals surface area contributed by atoms with E-state index in [2.05, 4.69) is 5.32 Å². The number of hydrogen-bond donors (Lipinski definition) is 2. The molecule has 2 atom stereocenters. The zero-order valence-electron chi connectivity index (χ0n) is 11.7. The van der Waals surface area contributed by atoms with E-state index in [1.165, 1.54) is 14.0 Å². The highest BCUT2D eigenvalue weighted by Gasteiger charge is 2.43. The third kappa shape index (κ3) is 2.48. The molecule has 0 aliphatic carbocycles. The van der Waals surface area contributed by atoms with Gasteiger partial charge in [-0.1, -0.05) is 18.2 Å². The molecule has 1 aliphatic heterocycles. The van der Waals surface area contributed by atoms with Crippen molar-refractivity contribution >= 4 is 11.9 Å². The van der Waals surface area contributed by atoms with E-state index >= 15 is 0 Å². The quantitative estimate of drug-likeness (QED) is 0.823. The Kier molecular flexibility index (Phi) is 3.97. The second-order valence-corrected chi connectivity index (χ2v) is 5.29. The fourth-order valence-corrected chi connectivity index (χ4v) is 2.67. The largest absolute Gasteiger partial charge is 0.493 e. The van der Waals surface area contributed by atoms with Gasteiger partial charge in [0.15, 0.2) is 0 Å². The first-order chi connectivity index (χ1) is 9.49. The molecule has 1 aliphatic rings. The molecule has 5 heteroatoms. The molecule has 0 saturated carbocycles. The predicted octanol–water partition coefficient (Wildman–Crippen LogP) is 1.78. The van der Waals surface area contributed by atoms with Crippen molar-refractivity contribution in [2.24, 2.45) is 5.41 Å². The van der Waals surface area contributed by atoms with Crippen LogP contribution in [0.1, 0.15) is 31.2 Å². The van der Waals surface area contributed by atoms with Crippen LogP contribution in [0.5, 0.6) is 5.75 Å². The minimum absolute atomic E-state index is 0.0124. The van der Waals surface area contributed by atoms with Crippen molar-refractivity contribution in [1.82, 2.24) is 5.32 Å². The lowest BCUT2D eigenvalue weighted by Gasteiger charge is -2.31. The molecule has 1 aromatic rings. The van der Waals surface area contributed by atoms with Gasteiger partial charge in [-0.15, -0.1) is 0 Å². The van der Waals surface area contributed by atoms with E-state index in [0.717, 1.165) is 17.7 Å². The normalized spacial score (nSPS) is 20.2. The Morgan fingerprint density at radius 3 is 2.80 bits per heavy atom. The molecule has 2 N–H and O–H groups in total. The fraction of sp³-hybridized carbons (Fsp3) is 0.467. The molecule has 1 aromatic carbocycles. The Bertz CT molecular complexity index is 528. The van der Waals surface area contributed by atoms with Crippen LogP contribution < -0.4 is 10.1 Å². The molecule has 20 heavy (non-hydrogen) atoms. The van der Waals surface area contributed by atoms with Gasteiger partial charge in [0.25, 0.3) is 0 Å². The van der Waals surface area contributed by atoms with E-state index in [0.29, 0.717) is 6.61 Å². The Morgan fingerprint density at radius 2 is 2.15 bits per heavy atom. The summed E-state index contributed by atoms with van der Waals surface area (Å²) in [6, 6.07) is 7.60. The third-order valence-electron chi connectivity index (χ3n) is 3.94. The second kappa shape index (κ2) is 5.53. The fourth-order valence-electron chi connectivity index (χ4n) is 2.67. The first kappa shape index (κ1) is 14.4. The maximum Gasteiger partial charge on any atom is 0.318 e. The summed E-state index contributed by atoms with van der Waals surface area (Å²) < 4.78 is 5.57. The summed E-state index contributed by atoms with van der Waals surface area (Å²) in [4.78, 5) is 23.5. The molecule has 1 heterocycles. The van der Waals surface area contributed by atoms with E-state index in [1.807, 2.05) is 24.3 Å². The maximum absolute atomic E-state index is 11.9. The van der Waals surface area contributed by atoms with Crippen LogP contribution in [-0.2, 0) is 9.59 Å². The zero-order chi connectivity index (χ0) is 14.8. The number of nitrogens with one attached hydrogen (secondary N) is 1. The number of hydrogen-bond acceptors (Lipinski definition) is 3. The monoisotopic (exact) mass is 277 g/mol. The summed E-state index contributed by atoms with van der Waals surface area (Å²) in [6.45, 7) is 2.03. The predicted molar refractivity (Wildman–Crippen MR) is 73.7 cm³/mol. The Balaban J connectivity index is 2.29. The first-order valence-corrected chi connectivity index (χ1v) is 6.66. The lowest BCUT2D eigenvalue weighted by molar-refractivity contribution is -0.155. The summed E-state index contributed by atoms with van der Waals surface area (Å²) >= 11 is 0. The third-order valence-corrected chi connectivity index (χ3v) is 3.94. The minimum atomic E-state index is -1.43. The van der Waals surface area contributed by atoms with E-state index < -0.39 is 17.3 Å². The lowest BCUT2D eigenvalue weighted by atomic mass is 9.76. The van der Waals surface area contributed by atoms with Gasteiger partial charge in [-0.25, -0.2) is 0 Å². The standard InChI is InChI=1S/C15H19NO4/c1-15(14(18)19,13(17)16-2)9-10-7-8-20-12-6-4-3-5-11(10)12/h3-6,10H,7-9H2,1-2H3,(H,16,17)(H,18,19). The Labute approximate surface area is 117 Å². The highest BCUT2D eigenvalue weighted by Crippen LogP contribution is 2.41. The summed E-state index contributed by atoms with van der Waals surface area (Å²) in [5.41, 5.74) is -0.445. The number of rotatable bonds is 4. The minimum Gasteiger partial charge on any atom is -0.493 e. The number of carboxylic acid groups (broad SMARTS) is 1. The van der Waals surface area contributed by atoms with Crippen LogP contribution >= 0.6 is 0 Å². The average molecular weight is 277 g/mol. The first-order valence-electron chi connectivity index (χ1n) is 6.66. The molecule has 2 rings (SSSR count). The van der Waals surface area contributed by atoms with Crippen LogP contribution in [0.4, 0.5) is 0 Å². The van der Waals surface area contributed by atoms with Gasteiger partial charge in [0.2, 0.25) is 5.91 Å². The summed E-state index contributed by atoms with van der Waals surface area (Å²) in [7, 11) is 1.46. The van der Waals surface area contributed by atoms with Crippen molar-refractivity contribution in [3.63, 3.8) is 0 Å². The van der Waals surface area contributed by atoms with Crippen LogP contribution in [0.15, 0.2) is 24.3 Å². The molecular weight excluding hydrogens is 258 g/mol.